The predicted molar refractivity (Wildman–Crippen MR) is 65.1 cm³/mol. The third-order valence-electron chi connectivity index (χ3n) is 5.04. The van der Waals surface area contributed by atoms with Crippen LogP contribution in [-0.2, 0) is 4.79 Å². The molecule has 0 radical (unpaired) electrons. The maximum atomic E-state index is 11.4. The van der Waals surface area contributed by atoms with Gasteiger partial charge in [0.15, 0.2) is 0 Å². The van der Waals surface area contributed by atoms with E-state index in [1.54, 1.807) is 6.92 Å². The molecule has 0 saturated heterocycles. The fraction of sp³-hybridized carbons (Fsp3) is 0.857. The SMILES string of the molecule is [C-]#[N+]C1CC2CC3CC1CC(NC(C)=O)(C3)C2. The highest BCUT2D eigenvalue weighted by atomic mass is 16.1. The fourth-order valence-corrected chi connectivity index (χ4v) is 4.88. The van der Waals surface area contributed by atoms with Gasteiger partial charge in [0.2, 0.25) is 11.9 Å². The van der Waals surface area contributed by atoms with Crippen molar-refractivity contribution in [2.75, 3.05) is 0 Å². The van der Waals surface area contributed by atoms with E-state index in [4.69, 9.17) is 6.57 Å². The molecule has 0 aromatic carbocycles. The molecule has 1 amide bonds. The molecule has 0 aromatic rings. The van der Waals surface area contributed by atoms with E-state index in [2.05, 4.69) is 10.2 Å². The van der Waals surface area contributed by atoms with Crippen LogP contribution in [0.2, 0.25) is 0 Å². The minimum atomic E-state index is 0.0434. The molecule has 0 spiro atoms. The second kappa shape index (κ2) is 3.73. The van der Waals surface area contributed by atoms with Gasteiger partial charge in [0.1, 0.15) is 0 Å². The lowest BCUT2D eigenvalue weighted by atomic mass is 9.63. The molecule has 4 aliphatic carbocycles. The van der Waals surface area contributed by atoms with Crippen molar-refractivity contribution in [1.29, 1.82) is 0 Å². The summed E-state index contributed by atoms with van der Waals surface area (Å²) in [5.41, 5.74) is 0.0434. The predicted octanol–water partition coefficient (Wildman–Crippen LogP) is 2.38. The molecule has 3 nitrogen and oxygen atoms in total. The molecular weight excluding hydrogens is 212 g/mol. The van der Waals surface area contributed by atoms with Gasteiger partial charge in [-0.2, -0.15) is 0 Å². The Labute approximate surface area is 103 Å². The van der Waals surface area contributed by atoms with Crippen LogP contribution >= 0.6 is 0 Å². The standard InChI is InChI=1S/C14H20N2O/c1-9(17)16-14-6-10-3-11(7-14)5-13(15-2)12(4-10)8-14/h10-13H,3-8H2,1H3,(H,16,17). The Morgan fingerprint density at radius 1 is 1.24 bits per heavy atom. The van der Waals surface area contributed by atoms with Crippen LogP contribution in [0, 0.1) is 24.3 Å². The van der Waals surface area contributed by atoms with Gasteiger partial charge in [0.05, 0.1) is 0 Å². The molecule has 4 bridgehead atoms. The minimum Gasteiger partial charge on any atom is -0.351 e. The normalized spacial score (nSPS) is 47.3. The summed E-state index contributed by atoms with van der Waals surface area (Å²) in [5.74, 6) is 2.07. The Balaban J connectivity index is 1.90. The van der Waals surface area contributed by atoms with E-state index in [1.165, 1.54) is 12.8 Å². The summed E-state index contributed by atoms with van der Waals surface area (Å²) in [7, 11) is 0. The van der Waals surface area contributed by atoms with Crippen molar-refractivity contribution in [3.63, 3.8) is 0 Å². The number of nitrogens with one attached hydrogen (secondary N) is 1. The second-order valence-corrected chi connectivity index (χ2v) is 6.47. The number of nitrogens with zero attached hydrogens (tertiary/aromatic N) is 1. The zero-order valence-corrected chi connectivity index (χ0v) is 10.4. The van der Waals surface area contributed by atoms with Gasteiger partial charge in [0.25, 0.3) is 0 Å². The number of hydrogen-bond donors (Lipinski definition) is 1. The zero-order chi connectivity index (χ0) is 12.0. The summed E-state index contributed by atoms with van der Waals surface area (Å²) in [6.07, 6.45) is 6.92. The van der Waals surface area contributed by atoms with E-state index in [1.807, 2.05) is 0 Å². The maximum absolute atomic E-state index is 11.4. The molecule has 0 aliphatic heterocycles. The van der Waals surface area contributed by atoms with Crippen LogP contribution in [0.3, 0.4) is 0 Å². The van der Waals surface area contributed by atoms with Crippen molar-refractivity contribution in [3.8, 4) is 0 Å². The summed E-state index contributed by atoms with van der Waals surface area (Å²) in [6, 6.07) is 0.223. The van der Waals surface area contributed by atoms with Crippen LogP contribution in [-0.4, -0.2) is 17.5 Å². The quantitative estimate of drug-likeness (QED) is 0.692. The summed E-state index contributed by atoms with van der Waals surface area (Å²) < 4.78 is 0. The molecule has 4 fully saturated rings. The highest BCUT2D eigenvalue weighted by molar-refractivity contribution is 5.73. The Kier molecular flexibility index (Phi) is 2.43. The number of carbonyl (C=O) groups is 1. The first kappa shape index (κ1) is 11.1. The van der Waals surface area contributed by atoms with Gasteiger partial charge in [0, 0.05) is 24.8 Å². The molecule has 5 atom stereocenters. The van der Waals surface area contributed by atoms with Crippen LogP contribution in [0.5, 0.6) is 0 Å². The van der Waals surface area contributed by atoms with Crippen LogP contribution in [0.1, 0.15) is 45.4 Å². The number of rotatable bonds is 1. The highest BCUT2D eigenvalue weighted by Crippen LogP contribution is 2.53. The lowest BCUT2D eigenvalue weighted by molar-refractivity contribution is -0.122. The van der Waals surface area contributed by atoms with Gasteiger partial charge in [-0.3, -0.25) is 4.79 Å². The van der Waals surface area contributed by atoms with E-state index < -0.39 is 0 Å². The van der Waals surface area contributed by atoms with E-state index >= 15 is 0 Å². The molecule has 4 rings (SSSR count). The topological polar surface area (TPSA) is 33.5 Å². The van der Waals surface area contributed by atoms with Crippen LogP contribution in [0.15, 0.2) is 0 Å². The molecule has 5 unspecified atom stereocenters. The molecule has 4 saturated carbocycles. The first-order valence-corrected chi connectivity index (χ1v) is 6.75. The van der Waals surface area contributed by atoms with Crippen molar-refractivity contribution in [1.82, 2.24) is 5.32 Å². The molecular formula is C14H20N2O. The second-order valence-electron chi connectivity index (χ2n) is 6.47. The van der Waals surface area contributed by atoms with E-state index in [-0.39, 0.29) is 17.5 Å². The van der Waals surface area contributed by atoms with Crippen LogP contribution < -0.4 is 5.32 Å². The van der Waals surface area contributed by atoms with Crippen molar-refractivity contribution in [2.24, 2.45) is 17.8 Å². The first-order valence-electron chi connectivity index (χ1n) is 6.75. The van der Waals surface area contributed by atoms with Gasteiger partial charge in [-0.25, -0.2) is 6.57 Å². The zero-order valence-electron chi connectivity index (χ0n) is 10.4. The van der Waals surface area contributed by atoms with Gasteiger partial charge in [-0.05, 0) is 43.9 Å². The summed E-state index contributed by atoms with van der Waals surface area (Å²) in [5, 5.41) is 3.23. The Hall–Kier alpha value is -1.04. The van der Waals surface area contributed by atoms with Crippen molar-refractivity contribution in [2.45, 2.75) is 57.0 Å². The largest absolute Gasteiger partial charge is 0.351 e. The average Bonchev–Trinajstić information content (AvgIpc) is 2.39. The molecule has 0 aromatic heterocycles. The number of carbonyl (C=O) groups excluding carboxylic acids is 1. The van der Waals surface area contributed by atoms with Crippen LogP contribution in [0.25, 0.3) is 4.85 Å². The Morgan fingerprint density at radius 3 is 2.59 bits per heavy atom. The number of amides is 1. The van der Waals surface area contributed by atoms with Gasteiger partial charge in [-0.1, -0.05) is 0 Å². The first-order chi connectivity index (χ1) is 8.10. The molecule has 1 N–H and O–H groups in total. The Morgan fingerprint density at radius 2 is 1.94 bits per heavy atom. The van der Waals surface area contributed by atoms with E-state index in [9.17, 15) is 4.79 Å². The summed E-state index contributed by atoms with van der Waals surface area (Å²) in [6.45, 7) is 9.00. The lowest BCUT2D eigenvalue weighted by Crippen LogP contribution is -2.55. The van der Waals surface area contributed by atoms with Crippen molar-refractivity contribution >= 4 is 5.91 Å². The average molecular weight is 232 g/mol. The minimum absolute atomic E-state index is 0.0434. The monoisotopic (exact) mass is 232 g/mol. The number of fused-ring (bicyclic) bond motifs is 1. The van der Waals surface area contributed by atoms with E-state index in [0.29, 0.717) is 11.8 Å². The Bertz CT molecular complexity index is 386. The highest BCUT2D eigenvalue weighted by Gasteiger charge is 2.53. The molecule has 0 heterocycles. The molecule has 92 valence electrons. The maximum Gasteiger partial charge on any atom is 0.226 e. The van der Waals surface area contributed by atoms with Crippen molar-refractivity contribution in [3.05, 3.63) is 11.4 Å². The van der Waals surface area contributed by atoms with Crippen LogP contribution in [0.4, 0.5) is 0 Å². The van der Waals surface area contributed by atoms with E-state index in [0.717, 1.165) is 31.6 Å². The third kappa shape index (κ3) is 1.84. The van der Waals surface area contributed by atoms with Gasteiger partial charge < -0.3 is 10.2 Å². The summed E-state index contributed by atoms with van der Waals surface area (Å²) in [4.78, 5) is 15.3. The molecule has 17 heavy (non-hydrogen) atoms. The van der Waals surface area contributed by atoms with Crippen molar-refractivity contribution < 1.29 is 4.79 Å². The molecule has 3 heteroatoms. The van der Waals surface area contributed by atoms with Gasteiger partial charge >= 0.3 is 0 Å². The third-order valence-corrected chi connectivity index (χ3v) is 5.04. The number of hydrogen-bond acceptors (Lipinski definition) is 1. The smallest absolute Gasteiger partial charge is 0.226 e. The van der Waals surface area contributed by atoms with Gasteiger partial charge in [-0.15, -0.1) is 0 Å². The lowest BCUT2D eigenvalue weighted by Gasteiger charge is -2.48. The molecule has 4 aliphatic rings. The fourth-order valence-electron chi connectivity index (χ4n) is 4.88. The summed E-state index contributed by atoms with van der Waals surface area (Å²) >= 11 is 0.